The SMILES string of the molecule is CSCC[C@H](NC=O)C(=O)N[C@@H](CC(C)C)C(=O)N[C@]1(C(=O)O)C[C@@H]1c1ccccc1. The van der Waals surface area contributed by atoms with Crippen molar-refractivity contribution in [1.29, 1.82) is 0 Å². The molecular weight excluding hydrogens is 418 g/mol. The number of thioether (sulfide) groups is 1. The molecule has 8 nitrogen and oxygen atoms in total. The van der Waals surface area contributed by atoms with Gasteiger partial charge in [-0.25, -0.2) is 4.79 Å². The van der Waals surface area contributed by atoms with Crippen LogP contribution in [0.5, 0.6) is 0 Å². The van der Waals surface area contributed by atoms with Crippen molar-refractivity contribution in [3.63, 3.8) is 0 Å². The van der Waals surface area contributed by atoms with Crippen LogP contribution in [0.2, 0.25) is 0 Å². The minimum atomic E-state index is -1.38. The molecule has 0 aliphatic heterocycles. The molecule has 1 saturated carbocycles. The van der Waals surface area contributed by atoms with Crippen LogP contribution < -0.4 is 16.0 Å². The Bertz CT molecular complexity index is 789. The summed E-state index contributed by atoms with van der Waals surface area (Å²) in [4.78, 5) is 48.7. The maximum Gasteiger partial charge on any atom is 0.330 e. The van der Waals surface area contributed by atoms with E-state index in [-0.39, 0.29) is 11.8 Å². The zero-order chi connectivity index (χ0) is 23.0. The van der Waals surface area contributed by atoms with Gasteiger partial charge in [0.2, 0.25) is 18.2 Å². The molecule has 0 spiro atoms. The summed E-state index contributed by atoms with van der Waals surface area (Å²) in [5, 5.41) is 17.7. The van der Waals surface area contributed by atoms with Gasteiger partial charge in [-0.1, -0.05) is 44.2 Å². The van der Waals surface area contributed by atoms with E-state index >= 15 is 0 Å². The molecule has 0 aromatic heterocycles. The Kier molecular flexibility index (Phi) is 8.91. The summed E-state index contributed by atoms with van der Waals surface area (Å²) in [7, 11) is 0. The normalized spacial score (nSPS) is 21.6. The monoisotopic (exact) mass is 449 g/mol. The van der Waals surface area contributed by atoms with Gasteiger partial charge in [-0.05, 0) is 42.8 Å². The largest absolute Gasteiger partial charge is 0.479 e. The number of carbonyl (C=O) groups excluding carboxylic acids is 3. The highest BCUT2D eigenvalue weighted by molar-refractivity contribution is 7.98. The van der Waals surface area contributed by atoms with Crippen molar-refractivity contribution >= 4 is 36.0 Å². The summed E-state index contributed by atoms with van der Waals surface area (Å²) in [6.45, 7) is 3.83. The van der Waals surface area contributed by atoms with Gasteiger partial charge < -0.3 is 21.1 Å². The maximum absolute atomic E-state index is 13.1. The summed E-state index contributed by atoms with van der Waals surface area (Å²) >= 11 is 1.55. The van der Waals surface area contributed by atoms with Crippen molar-refractivity contribution in [1.82, 2.24) is 16.0 Å². The Hall–Kier alpha value is -2.55. The van der Waals surface area contributed by atoms with E-state index < -0.39 is 35.4 Å². The summed E-state index contributed by atoms with van der Waals surface area (Å²) in [5.74, 6) is -1.65. The topological polar surface area (TPSA) is 125 Å². The molecule has 3 amide bonds. The number of carboxylic acids is 1. The Labute approximate surface area is 186 Å². The van der Waals surface area contributed by atoms with Crippen LogP contribution in [0, 0.1) is 5.92 Å². The van der Waals surface area contributed by atoms with Gasteiger partial charge in [0.15, 0.2) is 0 Å². The molecule has 0 radical (unpaired) electrons. The molecule has 9 heteroatoms. The van der Waals surface area contributed by atoms with Crippen LogP contribution in [0.3, 0.4) is 0 Å². The summed E-state index contributed by atoms with van der Waals surface area (Å²) in [6, 6.07) is 7.55. The molecule has 31 heavy (non-hydrogen) atoms. The van der Waals surface area contributed by atoms with Crippen LogP contribution in [0.1, 0.15) is 44.6 Å². The molecular formula is C22H31N3O5S. The molecule has 0 saturated heterocycles. The average Bonchev–Trinajstić information content (AvgIpc) is 3.46. The molecule has 4 N–H and O–H groups in total. The first kappa shape index (κ1) is 24.7. The molecule has 1 aromatic rings. The Morgan fingerprint density at radius 2 is 1.87 bits per heavy atom. The van der Waals surface area contributed by atoms with Crippen LogP contribution >= 0.6 is 11.8 Å². The predicted octanol–water partition coefficient (Wildman–Crippen LogP) is 1.51. The number of amides is 3. The number of nitrogens with one attached hydrogen (secondary N) is 3. The second-order valence-corrected chi connectivity index (χ2v) is 9.23. The molecule has 1 aromatic carbocycles. The second kappa shape index (κ2) is 11.2. The number of hydrogen-bond acceptors (Lipinski definition) is 5. The highest BCUT2D eigenvalue weighted by Crippen LogP contribution is 2.51. The fraction of sp³-hybridized carbons (Fsp3) is 0.545. The zero-order valence-electron chi connectivity index (χ0n) is 18.1. The third-order valence-corrected chi connectivity index (χ3v) is 6.07. The number of carboxylic acid groups (broad SMARTS) is 1. The molecule has 170 valence electrons. The molecule has 1 aliphatic carbocycles. The third kappa shape index (κ3) is 6.46. The van der Waals surface area contributed by atoms with E-state index in [4.69, 9.17) is 0 Å². The predicted molar refractivity (Wildman–Crippen MR) is 120 cm³/mol. The van der Waals surface area contributed by atoms with E-state index in [1.165, 1.54) is 0 Å². The number of carbonyl (C=O) groups is 4. The average molecular weight is 450 g/mol. The fourth-order valence-electron chi connectivity index (χ4n) is 3.67. The van der Waals surface area contributed by atoms with E-state index in [2.05, 4.69) is 16.0 Å². The first-order valence-electron chi connectivity index (χ1n) is 10.3. The molecule has 1 aliphatic rings. The smallest absolute Gasteiger partial charge is 0.330 e. The number of rotatable bonds is 13. The Morgan fingerprint density at radius 3 is 2.42 bits per heavy atom. The van der Waals surface area contributed by atoms with Crippen LogP contribution in [-0.2, 0) is 19.2 Å². The Balaban J connectivity index is 2.14. The molecule has 2 rings (SSSR count). The van der Waals surface area contributed by atoms with Crippen molar-refractivity contribution in [2.45, 2.75) is 56.7 Å². The van der Waals surface area contributed by atoms with Gasteiger partial charge in [0, 0.05) is 5.92 Å². The molecule has 0 heterocycles. The summed E-state index contributed by atoms with van der Waals surface area (Å²) in [5.41, 5.74) is -0.528. The summed E-state index contributed by atoms with van der Waals surface area (Å²) in [6.07, 6.45) is 3.44. The lowest BCUT2D eigenvalue weighted by atomic mass is 10.0. The van der Waals surface area contributed by atoms with Crippen molar-refractivity contribution in [3.05, 3.63) is 35.9 Å². The van der Waals surface area contributed by atoms with Gasteiger partial charge in [-0.2, -0.15) is 11.8 Å². The van der Waals surface area contributed by atoms with E-state index in [1.54, 1.807) is 11.8 Å². The van der Waals surface area contributed by atoms with Crippen LogP contribution in [0.4, 0.5) is 0 Å². The highest BCUT2D eigenvalue weighted by Gasteiger charge is 2.62. The number of aliphatic carboxylic acids is 1. The van der Waals surface area contributed by atoms with Crippen molar-refractivity contribution < 1.29 is 24.3 Å². The zero-order valence-corrected chi connectivity index (χ0v) is 18.9. The molecule has 0 bridgehead atoms. The van der Waals surface area contributed by atoms with Crippen molar-refractivity contribution in [2.24, 2.45) is 5.92 Å². The first-order valence-corrected chi connectivity index (χ1v) is 11.7. The third-order valence-electron chi connectivity index (χ3n) is 5.43. The quantitative estimate of drug-likeness (QED) is 0.339. The van der Waals surface area contributed by atoms with Gasteiger partial charge in [-0.3, -0.25) is 14.4 Å². The van der Waals surface area contributed by atoms with Gasteiger partial charge in [-0.15, -0.1) is 0 Å². The van der Waals surface area contributed by atoms with Gasteiger partial charge >= 0.3 is 5.97 Å². The minimum Gasteiger partial charge on any atom is -0.479 e. The first-order chi connectivity index (χ1) is 14.7. The number of hydrogen-bond donors (Lipinski definition) is 4. The lowest BCUT2D eigenvalue weighted by Gasteiger charge is -2.25. The maximum atomic E-state index is 13.1. The second-order valence-electron chi connectivity index (χ2n) is 8.24. The van der Waals surface area contributed by atoms with Crippen LogP contribution in [0.25, 0.3) is 0 Å². The molecule has 4 atom stereocenters. The van der Waals surface area contributed by atoms with Crippen molar-refractivity contribution in [2.75, 3.05) is 12.0 Å². The van der Waals surface area contributed by atoms with Crippen LogP contribution in [0.15, 0.2) is 30.3 Å². The van der Waals surface area contributed by atoms with Gasteiger partial charge in [0.1, 0.15) is 17.6 Å². The fourth-order valence-corrected chi connectivity index (χ4v) is 4.14. The summed E-state index contributed by atoms with van der Waals surface area (Å²) < 4.78 is 0. The van der Waals surface area contributed by atoms with Gasteiger partial charge in [0.25, 0.3) is 0 Å². The molecule has 0 unspecified atom stereocenters. The Morgan fingerprint density at radius 1 is 1.19 bits per heavy atom. The van der Waals surface area contributed by atoms with E-state index in [0.29, 0.717) is 31.4 Å². The van der Waals surface area contributed by atoms with E-state index in [0.717, 1.165) is 5.56 Å². The van der Waals surface area contributed by atoms with Gasteiger partial charge in [0.05, 0.1) is 0 Å². The number of benzene rings is 1. The van der Waals surface area contributed by atoms with E-state index in [1.807, 2.05) is 50.4 Å². The highest BCUT2D eigenvalue weighted by atomic mass is 32.2. The van der Waals surface area contributed by atoms with Crippen LogP contribution in [-0.4, -0.2) is 58.9 Å². The minimum absolute atomic E-state index is 0.0876. The van der Waals surface area contributed by atoms with Crippen molar-refractivity contribution in [3.8, 4) is 0 Å². The lowest BCUT2D eigenvalue weighted by Crippen LogP contribution is -2.56. The standard InChI is InChI=1S/C22H31N3O5S/c1-14(2)11-18(24-19(27)17(23-13-26)9-10-31-3)20(28)25-22(21(29)30)12-16(22)15-7-5-4-6-8-15/h4-8,13-14,16-18H,9-12H2,1-3H3,(H,23,26)(H,24,27)(H,25,28)(H,29,30)/t16-,17+,18+,22-/m1/s1. The molecule has 1 fully saturated rings. The lowest BCUT2D eigenvalue weighted by molar-refractivity contribution is -0.144. The van der Waals surface area contributed by atoms with E-state index in [9.17, 15) is 24.3 Å².